The smallest absolute Gasteiger partial charge is 0.387 e. The third kappa shape index (κ3) is 35.6. The minimum Gasteiger partial charge on any atom is -0.387 e. The van der Waals surface area contributed by atoms with Crippen LogP contribution in [0.5, 0.6) is 0 Å². The first-order valence-corrected chi connectivity index (χ1v) is 22.6. The van der Waals surface area contributed by atoms with Crippen LogP contribution in [0, 0.1) is 0 Å². The van der Waals surface area contributed by atoms with Gasteiger partial charge in [-0.05, 0) is 19.3 Å². The molecular formula is C41H84N2O6P+. The number of quaternary nitrogens is 1. The number of unbranched alkanes of at least 4 members (excludes halogenated alkanes) is 25. The molecule has 0 aromatic carbocycles. The number of hydrogen-bond donors (Lipinski definition) is 3. The fourth-order valence-corrected chi connectivity index (χ4v) is 6.84. The van der Waals surface area contributed by atoms with Crippen LogP contribution in [0.1, 0.15) is 194 Å². The number of nitrogens with one attached hydrogen (secondary N) is 1. The molecule has 0 aromatic rings. The summed E-state index contributed by atoms with van der Waals surface area (Å²) in [5.41, 5.74) is 0. The molecule has 9 heteroatoms. The summed E-state index contributed by atoms with van der Waals surface area (Å²) in [5, 5.41) is 13.8. The second-order valence-corrected chi connectivity index (χ2v) is 17.2. The second-order valence-electron chi connectivity index (χ2n) is 15.7. The maximum atomic E-state index is 12.8. The van der Waals surface area contributed by atoms with E-state index >= 15 is 0 Å². The number of carbonyl (C=O) groups is 1. The molecule has 0 saturated carbocycles. The van der Waals surface area contributed by atoms with Crippen LogP contribution in [0.3, 0.4) is 0 Å². The van der Waals surface area contributed by atoms with Crippen molar-refractivity contribution in [1.82, 2.24) is 5.32 Å². The van der Waals surface area contributed by atoms with Crippen molar-refractivity contribution in [2.45, 2.75) is 206 Å². The standard InChI is InChI=1S/C41H83N2O6P/c1-6-8-10-12-14-16-18-19-20-21-22-23-24-25-26-28-30-32-34-40(44)39(38-49-50(46,47)48-37-36-43(3,4)5)42-41(45)35-33-31-29-27-17-15-13-11-9-7-2/h32,34,39-40,44H,6-31,33,35-38H2,1-5H3,(H-,42,45,46,47)/p+1/b34-32+. The maximum Gasteiger partial charge on any atom is 0.472 e. The first-order valence-electron chi connectivity index (χ1n) is 21.1. The molecule has 0 aliphatic heterocycles. The number of amides is 1. The molecule has 0 aromatic heterocycles. The van der Waals surface area contributed by atoms with E-state index in [-0.39, 0.29) is 19.1 Å². The Balaban J connectivity index is 4.40. The van der Waals surface area contributed by atoms with Gasteiger partial charge in [-0.25, -0.2) is 4.57 Å². The molecule has 0 rings (SSSR count). The lowest BCUT2D eigenvalue weighted by molar-refractivity contribution is -0.870. The lowest BCUT2D eigenvalue weighted by atomic mass is 10.0. The van der Waals surface area contributed by atoms with Crippen LogP contribution in [0.4, 0.5) is 0 Å². The molecule has 0 radical (unpaired) electrons. The summed E-state index contributed by atoms with van der Waals surface area (Å²) >= 11 is 0. The van der Waals surface area contributed by atoms with E-state index < -0.39 is 20.0 Å². The zero-order valence-electron chi connectivity index (χ0n) is 33.7. The third-order valence-corrected chi connectivity index (χ3v) is 10.5. The Bertz CT molecular complexity index is 834. The molecule has 0 heterocycles. The predicted molar refractivity (Wildman–Crippen MR) is 212 cm³/mol. The highest BCUT2D eigenvalue weighted by Gasteiger charge is 2.27. The molecule has 0 spiro atoms. The molecule has 3 atom stereocenters. The van der Waals surface area contributed by atoms with Crippen molar-refractivity contribution < 1.29 is 32.9 Å². The van der Waals surface area contributed by atoms with Gasteiger partial charge in [0.1, 0.15) is 13.2 Å². The molecule has 0 bridgehead atoms. The Hall–Kier alpha value is -0.760. The van der Waals surface area contributed by atoms with Crippen LogP contribution in [-0.4, -0.2) is 73.4 Å². The van der Waals surface area contributed by atoms with Crippen LogP contribution in [-0.2, 0) is 18.4 Å². The first kappa shape index (κ1) is 49.2. The molecule has 50 heavy (non-hydrogen) atoms. The number of phosphoric acid groups is 1. The monoisotopic (exact) mass is 732 g/mol. The van der Waals surface area contributed by atoms with Gasteiger partial charge in [-0.2, -0.15) is 0 Å². The van der Waals surface area contributed by atoms with Crippen molar-refractivity contribution >= 4 is 13.7 Å². The third-order valence-electron chi connectivity index (χ3n) is 9.51. The lowest BCUT2D eigenvalue weighted by Gasteiger charge is -2.25. The van der Waals surface area contributed by atoms with E-state index in [1.54, 1.807) is 6.08 Å². The molecule has 0 aliphatic carbocycles. The Labute approximate surface area is 310 Å². The molecule has 3 unspecified atom stereocenters. The van der Waals surface area contributed by atoms with E-state index in [1.807, 2.05) is 27.2 Å². The van der Waals surface area contributed by atoms with E-state index in [2.05, 4.69) is 19.2 Å². The highest BCUT2D eigenvalue weighted by molar-refractivity contribution is 7.47. The van der Waals surface area contributed by atoms with Crippen molar-refractivity contribution in [2.24, 2.45) is 0 Å². The van der Waals surface area contributed by atoms with Crippen molar-refractivity contribution in [1.29, 1.82) is 0 Å². The molecule has 0 aliphatic rings. The Morgan fingerprint density at radius 3 is 1.48 bits per heavy atom. The molecule has 0 saturated heterocycles. The van der Waals surface area contributed by atoms with Crippen LogP contribution < -0.4 is 5.32 Å². The molecule has 298 valence electrons. The molecular weight excluding hydrogens is 647 g/mol. The van der Waals surface area contributed by atoms with Crippen LogP contribution in [0.2, 0.25) is 0 Å². The zero-order valence-corrected chi connectivity index (χ0v) is 34.5. The van der Waals surface area contributed by atoms with Gasteiger partial charge in [-0.1, -0.05) is 180 Å². The maximum absolute atomic E-state index is 12.8. The number of carbonyl (C=O) groups excluding carboxylic acids is 1. The minimum absolute atomic E-state index is 0.0643. The van der Waals surface area contributed by atoms with Crippen molar-refractivity contribution in [2.75, 3.05) is 40.9 Å². The zero-order chi connectivity index (χ0) is 37.2. The number of rotatable bonds is 38. The summed E-state index contributed by atoms with van der Waals surface area (Å²) in [4.78, 5) is 23.0. The summed E-state index contributed by atoms with van der Waals surface area (Å²) in [6.07, 6.45) is 37.0. The fraction of sp³-hybridized carbons (Fsp3) is 0.927. The quantitative estimate of drug-likeness (QED) is 0.0253. The summed E-state index contributed by atoms with van der Waals surface area (Å²) in [6, 6.07) is -0.838. The van der Waals surface area contributed by atoms with Crippen molar-refractivity contribution in [3.05, 3.63) is 12.2 Å². The molecule has 8 nitrogen and oxygen atoms in total. The summed E-state index contributed by atoms with van der Waals surface area (Å²) < 4.78 is 23.5. The first-order chi connectivity index (χ1) is 24.0. The Morgan fingerprint density at radius 1 is 0.660 bits per heavy atom. The SMILES string of the molecule is CCCCCCCCCCCCCCCCCC/C=C/C(O)C(COP(=O)(O)OCC[N+](C)(C)C)NC(=O)CCCCCCCCCCCC. The number of phosphoric ester groups is 1. The van der Waals surface area contributed by atoms with Crippen molar-refractivity contribution in [3.63, 3.8) is 0 Å². The average Bonchev–Trinajstić information content (AvgIpc) is 3.06. The van der Waals surface area contributed by atoms with E-state index in [0.717, 1.165) is 32.1 Å². The van der Waals surface area contributed by atoms with Gasteiger partial charge < -0.3 is 19.8 Å². The highest BCUT2D eigenvalue weighted by Crippen LogP contribution is 2.43. The van der Waals surface area contributed by atoms with Gasteiger partial charge in [0.2, 0.25) is 5.91 Å². The summed E-state index contributed by atoms with van der Waals surface area (Å²) in [5.74, 6) is -0.179. The molecule has 3 N–H and O–H groups in total. The lowest BCUT2D eigenvalue weighted by Crippen LogP contribution is -2.45. The van der Waals surface area contributed by atoms with Crippen LogP contribution >= 0.6 is 7.82 Å². The Kier molecular flexibility index (Phi) is 33.5. The van der Waals surface area contributed by atoms with Crippen LogP contribution in [0.25, 0.3) is 0 Å². The number of allylic oxidation sites excluding steroid dienone is 1. The molecule has 1 amide bonds. The number of hydrogen-bond acceptors (Lipinski definition) is 5. The average molecular weight is 732 g/mol. The van der Waals surface area contributed by atoms with Gasteiger partial charge in [-0.3, -0.25) is 13.8 Å². The normalized spacial score (nSPS) is 14.6. The fourth-order valence-electron chi connectivity index (χ4n) is 6.10. The number of aliphatic hydroxyl groups is 1. The number of likely N-dealkylation sites (N-methyl/N-ethyl adjacent to an activating group) is 1. The van der Waals surface area contributed by atoms with Gasteiger partial charge in [0.15, 0.2) is 0 Å². The predicted octanol–water partition coefficient (Wildman–Crippen LogP) is 11.2. The second kappa shape index (κ2) is 34.0. The van der Waals surface area contributed by atoms with Gasteiger partial charge in [0.25, 0.3) is 0 Å². The van der Waals surface area contributed by atoms with Gasteiger partial charge in [0, 0.05) is 6.42 Å². The highest BCUT2D eigenvalue weighted by atomic mass is 31.2. The number of aliphatic hydroxyl groups excluding tert-OH is 1. The van der Waals surface area contributed by atoms with Crippen LogP contribution in [0.15, 0.2) is 12.2 Å². The molecule has 0 fully saturated rings. The topological polar surface area (TPSA) is 105 Å². The minimum atomic E-state index is -4.32. The van der Waals surface area contributed by atoms with E-state index in [9.17, 15) is 19.4 Å². The van der Waals surface area contributed by atoms with Gasteiger partial charge in [0.05, 0.1) is 39.9 Å². The summed E-state index contributed by atoms with van der Waals surface area (Å²) in [6.45, 7) is 4.80. The van der Waals surface area contributed by atoms with Crippen molar-refractivity contribution in [3.8, 4) is 0 Å². The van der Waals surface area contributed by atoms with E-state index in [4.69, 9.17) is 9.05 Å². The summed E-state index contributed by atoms with van der Waals surface area (Å²) in [7, 11) is 1.58. The van der Waals surface area contributed by atoms with Gasteiger partial charge in [-0.15, -0.1) is 0 Å². The Morgan fingerprint density at radius 2 is 1.06 bits per heavy atom. The van der Waals surface area contributed by atoms with E-state index in [1.165, 1.54) is 141 Å². The number of nitrogens with zero attached hydrogens (tertiary/aromatic N) is 1. The van der Waals surface area contributed by atoms with Gasteiger partial charge >= 0.3 is 7.82 Å². The largest absolute Gasteiger partial charge is 0.472 e. The van der Waals surface area contributed by atoms with E-state index in [0.29, 0.717) is 17.4 Å².